The number of methoxy groups -OCH3 is 1. The highest BCUT2D eigenvalue weighted by Crippen LogP contribution is 2.39. The minimum atomic E-state index is -4.66. The number of benzene rings is 2. The molecule has 0 amide bonds. The number of halogens is 3. The quantitative estimate of drug-likeness (QED) is 0.285. The van der Waals surface area contributed by atoms with E-state index in [0.29, 0.717) is 16.4 Å². The van der Waals surface area contributed by atoms with Gasteiger partial charge in [-0.2, -0.15) is 13.2 Å². The summed E-state index contributed by atoms with van der Waals surface area (Å²) in [6, 6.07) is 9.82. The van der Waals surface area contributed by atoms with Gasteiger partial charge in [0.05, 0.1) is 33.5 Å². The zero-order valence-electron chi connectivity index (χ0n) is 16.2. The van der Waals surface area contributed by atoms with Crippen LogP contribution < -0.4 is 15.4 Å². The summed E-state index contributed by atoms with van der Waals surface area (Å²) in [6.45, 7) is 0. The van der Waals surface area contributed by atoms with E-state index in [4.69, 9.17) is 4.74 Å². The van der Waals surface area contributed by atoms with E-state index < -0.39 is 28.2 Å². The van der Waals surface area contributed by atoms with Crippen molar-refractivity contribution in [3.63, 3.8) is 0 Å². The van der Waals surface area contributed by atoms with E-state index in [0.717, 1.165) is 23.2 Å². The third kappa shape index (κ3) is 4.23. The summed E-state index contributed by atoms with van der Waals surface area (Å²) in [6.07, 6.45) is -3.65. The second kappa shape index (κ2) is 8.26. The number of hydrogen-bond acceptors (Lipinski definition) is 9. The van der Waals surface area contributed by atoms with Crippen LogP contribution in [-0.2, 0) is 6.18 Å². The Bertz CT molecular complexity index is 1310. The van der Waals surface area contributed by atoms with E-state index in [2.05, 4.69) is 25.6 Å². The van der Waals surface area contributed by atoms with Gasteiger partial charge in [-0.25, -0.2) is 15.0 Å². The molecule has 13 heteroatoms. The number of nitrogens with one attached hydrogen (secondary N) is 2. The fourth-order valence-corrected chi connectivity index (χ4v) is 3.78. The monoisotopic (exact) mass is 462 g/mol. The minimum absolute atomic E-state index is 0.219. The summed E-state index contributed by atoms with van der Waals surface area (Å²) in [5.74, 6) is 0.00511. The first-order valence-electron chi connectivity index (χ1n) is 8.90. The number of rotatable bonds is 6. The molecule has 0 aliphatic heterocycles. The van der Waals surface area contributed by atoms with Gasteiger partial charge >= 0.3 is 11.9 Å². The van der Waals surface area contributed by atoms with Gasteiger partial charge in [0.25, 0.3) is 0 Å². The zero-order valence-corrected chi connectivity index (χ0v) is 17.0. The Morgan fingerprint density at radius 1 is 1.09 bits per heavy atom. The molecule has 0 saturated heterocycles. The molecule has 2 N–H and O–H groups in total. The third-order valence-corrected chi connectivity index (χ3v) is 5.24. The van der Waals surface area contributed by atoms with Gasteiger partial charge in [-0.05, 0) is 30.3 Å². The van der Waals surface area contributed by atoms with Gasteiger partial charge in [-0.1, -0.05) is 23.5 Å². The number of aromatic nitrogens is 3. The maximum absolute atomic E-state index is 13.3. The molecule has 0 bridgehead atoms. The van der Waals surface area contributed by atoms with Gasteiger partial charge in [0.2, 0.25) is 11.6 Å². The summed E-state index contributed by atoms with van der Waals surface area (Å²) in [5.41, 5.74) is -1.35. The number of para-hydroxylation sites is 1. The predicted octanol–water partition coefficient (Wildman–Crippen LogP) is 5.51. The van der Waals surface area contributed by atoms with E-state index in [-0.39, 0.29) is 11.5 Å². The molecule has 0 radical (unpaired) electrons. The molecule has 0 unspecified atom stereocenters. The van der Waals surface area contributed by atoms with Crippen molar-refractivity contribution in [2.75, 3.05) is 17.7 Å². The van der Waals surface area contributed by atoms with Gasteiger partial charge in [0.15, 0.2) is 5.13 Å². The lowest BCUT2D eigenvalue weighted by atomic mass is 10.1. The summed E-state index contributed by atoms with van der Waals surface area (Å²) in [5, 5.41) is 17.2. The molecule has 0 atom stereocenters. The van der Waals surface area contributed by atoms with Crippen LogP contribution in [0.3, 0.4) is 0 Å². The van der Waals surface area contributed by atoms with Crippen LogP contribution in [0.4, 0.5) is 41.3 Å². The summed E-state index contributed by atoms with van der Waals surface area (Å²) >= 11 is 1.20. The molecular formula is C19H13F3N6O3S. The van der Waals surface area contributed by atoms with Crippen LogP contribution in [0.5, 0.6) is 5.75 Å². The topological polar surface area (TPSA) is 115 Å². The second-order valence-corrected chi connectivity index (χ2v) is 7.35. The number of thiazole rings is 1. The van der Waals surface area contributed by atoms with Crippen molar-refractivity contribution < 1.29 is 22.8 Å². The Morgan fingerprint density at radius 2 is 1.81 bits per heavy atom. The number of fused-ring (bicyclic) bond motifs is 1. The van der Waals surface area contributed by atoms with Crippen LogP contribution >= 0.6 is 11.3 Å². The molecule has 2 aromatic heterocycles. The molecule has 2 aromatic carbocycles. The number of nitrogens with zero attached hydrogens (tertiary/aromatic N) is 4. The lowest BCUT2D eigenvalue weighted by molar-refractivity contribution is -0.383. The standard InChI is InChI=1S/C19H13F3N6O3S/c1-31-10-6-7-13-14(8-10)32-18(26-13)27-17-15(28(29)30)16(23-9-24-17)25-12-5-3-2-4-11(12)19(20,21)22/h2-9H,1H3,(H2,23,24,25,26,27). The van der Waals surface area contributed by atoms with Crippen LogP contribution in [0.15, 0.2) is 48.8 Å². The fourth-order valence-electron chi connectivity index (χ4n) is 2.89. The summed E-state index contributed by atoms with van der Waals surface area (Å²) in [7, 11) is 1.52. The van der Waals surface area contributed by atoms with Gasteiger partial charge in [0, 0.05) is 0 Å². The molecule has 164 valence electrons. The van der Waals surface area contributed by atoms with Crippen LogP contribution in [0.1, 0.15) is 5.56 Å². The first kappa shape index (κ1) is 21.2. The van der Waals surface area contributed by atoms with Crippen molar-refractivity contribution in [1.82, 2.24) is 15.0 Å². The highest BCUT2D eigenvalue weighted by molar-refractivity contribution is 7.22. The van der Waals surface area contributed by atoms with E-state index >= 15 is 0 Å². The Kier molecular flexibility index (Phi) is 5.48. The fraction of sp³-hybridized carbons (Fsp3) is 0.105. The van der Waals surface area contributed by atoms with Crippen molar-refractivity contribution in [2.45, 2.75) is 6.18 Å². The molecule has 0 aliphatic carbocycles. The molecule has 2 heterocycles. The smallest absolute Gasteiger partial charge is 0.418 e. The highest BCUT2D eigenvalue weighted by atomic mass is 32.1. The van der Waals surface area contributed by atoms with E-state index in [1.54, 1.807) is 18.2 Å². The van der Waals surface area contributed by atoms with Crippen molar-refractivity contribution >= 4 is 49.7 Å². The van der Waals surface area contributed by atoms with Crippen molar-refractivity contribution in [3.8, 4) is 5.75 Å². The lowest BCUT2D eigenvalue weighted by Gasteiger charge is -2.14. The Morgan fingerprint density at radius 3 is 2.50 bits per heavy atom. The maximum atomic E-state index is 13.3. The normalized spacial score (nSPS) is 11.4. The zero-order chi connectivity index (χ0) is 22.9. The minimum Gasteiger partial charge on any atom is -0.497 e. The average molecular weight is 462 g/mol. The Balaban J connectivity index is 1.71. The number of alkyl halides is 3. The molecule has 0 fully saturated rings. The molecule has 0 aliphatic rings. The Labute approximate surface area is 182 Å². The van der Waals surface area contributed by atoms with E-state index in [1.807, 2.05) is 0 Å². The summed E-state index contributed by atoms with van der Waals surface area (Å²) < 4.78 is 45.8. The van der Waals surface area contributed by atoms with Crippen LogP contribution in [0.25, 0.3) is 10.2 Å². The molecule has 0 spiro atoms. The van der Waals surface area contributed by atoms with Crippen LogP contribution in [0.2, 0.25) is 0 Å². The van der Waals surface area contributed by atoms with Gasteiger partial charge in [0.1, 0.15) is 12.1 Å². The van der Waals surface area contributed by atoms with Gasteiger partial charge in [-0.15, -0.1) is 0 Å². The number of ether oxygens (including phenoxy) is 1. The highest BCUT2D eigenvalue weighted by Gasteiger charge is 2.34. The predicted molar refractivity (Wildman–Crippen MR) is 113 cm³/mol. The SMILES string of the molecule is COc1ccc2nc(Nc3ncnc(Nc4ccccc4C(F)(F)F)c3[N+](=O)[O-])sc2c1. The van der Waals surface area contributed by atoms with Crippen molar-refractivity contribution in [2.24, 2.45) is 0 Å². The number of anilines is 4. The lowest BCUT2D eigenvalue weighted by Crippen LogP contribution is -2.10. The third-order valence-electron chi connectivity index (χ3n) is 4.31. The Hall–Kier alpha value is -4.00. The van der Waals surface area contributed by atoms with Gasteiger partial charge in [-0.3, -0.25) is 10.1 Å². The molecule has 32 heavy (non-hydrogen) atoms. The van der Waals surface area contributed by atoms with E-state index in [1.165, 1.54) is 30.6 Å². The number of nitro groups is 1. The van der Waals surface area contributed by atoms with Crippen LogP contribution in [-0.4, -0.2) is 27.0 Å². The molecular weight excluding hydrogens is 449 g/mol. The molecule has 0 saturated carbocycles. The molecule has 4 aromatic rings. The van der Waals surface area contributed by atoms with Crippen molar-refractivity contribution in [1.29, 1.82) is 0 Å². The largest absolute Gasteiger partial charge is 0.497 e. The van der Waals surface area contributed by atoms with E-state index in [9.17, 15) is 23.3 Å². The van der Waals surface area contributed by atoms with Crippen LogP contribution in [0, 0.1) is 10.1 Å². The van der Waals surface area contributed by atoms with Gasteiger partial charge < -0.3 is 15.4 Å². The molecule has 4 rings (SSSR count). The average Bonchev–Trinajstić information content (AvgIpc) is 3.14. The van der Waals surface area contributed by atoms with Crippen molar-refractivity contribution in [3.05, 3.63) is 64.5 Å². The first-order valence-corrected chi connectivity index (χ1v) is 9.72. The maximum Gasteiger partial charge on any atom is 0.418 e. The number of hydrogen-bond donors (Lipinski definition) is 2. The summed E-state index contributed by atoms with van der Waals surface area (Å²) in [4.78, 5) is 23.0. The second-order valence-electron chi connectivity index (χ2n) is 6.32. The molecule has 9 nitrogen and oxygen atoms in total. The first-order chi connectivity index (χ1) is 15.3.